The average molecular weight is 648 g/mol. The zero-order chi connectivity index (χ0) is 34.2. The molecule has 0 aliphatic carbocycles. The van der Waals surface area contributed by atoms with Crippen molar-refractivity contribution in [2.75, 3.05) is 26.5 Å². The van der Waals surface area contributed by atoms with Gasteiger partial charge in [0.2, 0.25) is 5.91 Å². The monoisotopic (exact) mass is 647 g/mol. The van der Waals surface area contributed by atoms with E-state index in [1.165, 1.54) is 39.8 Å². The molecule has 0 radical (unpaired) electrons. The van der Waals surface area contributed by atoms with Gasteiger partial charge in [0.05, 0.1) is 29.4 Å². The SMILES string of the molecule is CN[C@@H](C)C(=O)Nc1ccc(-c2cccc(C(=O)N(C)C)c2)n(Cc2cc(-n3cc(C)c4cc(F)ccc43)cc(C(F)(F)F)c2)c1=O. The van der Waals surface area contributed by atoms with Crippen LogP contribution in [0.25, 0.3) is 27.8 Å². The highest BCUT2D eigenvalue weighted by molar-refractivity contribution is 5.96. The first-order chi connectivity index (χ1) is 22.2. The molecule has 0 saturated carbocycles. The van der Waals surface area contributed by atoms with Crippen LogP contribution in [-0.2, 0) is 17.5 Å². The Morgan fingerprint density at radius 1 is 0.979 bits per heavy atom. The van der Waals surface area contributed by atoms with E-state index in [0.29, 0.717) is 33.3 Å². The molecule has 0 saturated heterocycles. The topological polar surface area (TPSA) is 88.4 Å². The van der Waals surface area contributed by atoms with Crippen molar-refractivity contribution < 1.29 is 27.2 Å². The van der Waals surface area contributed by atoms with Gasteiger partial charge in [-0.2, -0.15) is 13.2 Å². The minimum absolute atomic E-state index is 0.0670. The summed E-state index contributed by atoms with van der Waals surface area (Å²) in [4.78, 5) is 40.8. The molecule has 5 rings (SSSR count). The number of fused-ring (bicyclic) bond motifs is 1. The number of hydrogen-bond donors (Lipinski definition) is 2. The normalized spacial score (nSPS) is 12.3. The van der Waals surface area contributed by atoms with Crippen LogP contribution in [0.4, 0.5) is 23.2 Å². The van der Waals surface area contributed by atoms with E-state index >= 15 is 0 Å². The van der Waals surface area contributed by atoms with Crippen molar-refractivity contribution in [3.63, 3.8) is 0 Å². The van der Waals surface area contributed by atoms with E-state index in [1.807, 2.05) is 0 Å². The molecule has 3 aromatic carbocycles. The maximum atomic E-state index is 14.3. The molecule has 8 nitrogen and oxygen atoms in total. The predicted octanol–water partition coefficient (Wildman–Crippen LogP) is 6.22. The van der Waals surface area contributed by atoms with Gasteiger partial charge in [0.25, 0.3) is 11.5 Å². The third-order valence-electron chi connectivity index (χ3n) is 7.96. The number of rotatable bonds is 8. The highest BCUT2D eigenvalue weighted by Gasteiger charge is 2.32. The van der Waals surface area contributed by atoms with Crippen LogP contribution in [0.2, 0.25) is 0 Å². The highest BCUT2D eigenvalue weighted by Crippen LogP contribution is 2.34. The predicted molar refractivity (Wildman–Crippen MR) is 173 cm³/mol. The second-order valence-corrected chi connectivity index (χ2v) is 11.5. The molecule has 0 spiro atoms. The minimum atomic E-state index is -4.72. The van der Waals surface area contributed by atoms with Crippen molar-refractivity contribution in [1.82, 2.24) is 19.4 Å². The van der Waals surface area contributed by atoms with Gasteiger partial charge >= 0.3 is 6.18 Å². The molecule has 47 heavy (non-hydrogen) atoms. The number of nitrogens with zero attached hydrogens (tertiary/aromatic N) is 3. The summed E-state index contributed by atoms with van der Waals surface area (Å²) in [5, 5.41) is 5.95. The van der Waals surface area contributed by atoms with Crippen molar-refractivity contribution in [2.45, 2.75) is 32.6 Å². The summed E-state index contributed by atoms with van der Waals surface area (Å²) in [6, 6.07) is 16.5. The van der Waals surface area contributed by atoms with Gasteiger partial charge in [0.1, 0.15) is 11.5 Å². The zero-order valence-corrected chi connectivity index (χ0v) is 26.4. The van der Waals surface area contributed by atoms with E-state index < -0.39 is 35.1 Å². The van der Waals surface area contributed by atoms with Crippen molar-refractivity contribution in [2.24, 2.45) is 0 Å². The van der Waals surface area contributed by atoms with E-state index in [9.17, 15) is 31.9 Å². The van der Waals surface area contributed by atoms with Crippen LogP contribution in [0.1, 0.15) is 34.0 Å². The number of anilines is 1. The van der Waals surface area contributed by atoms with Gasteiger partial charge in [0.15, 0.2) is 0 Å². The lowest BCUT2D eigenvalue weighted by molar-refractivity contribution is -0.137. The number of pyridine rings is 1. The Balaban J connectivity index is 1.70. The maximum Gasteiger partial charge on any atom is 0.416 e. The molecule has 5 aromatic rings. The number of carbonyl (C=O) groups is 2. The van der Waals surface area contributed by atoms with E-state index in [2.05, 4.69) is 10.6 Å². The molecule has 0 unspecified atom stereocenters. The number of nitrogens with one attached hydrogen (secondary N) is 2. The molecular formula is C35H33F4N5O3. The van der Waals surface area contributed by atoms with E-state index in [4.69, 9.17) is 0 Å². The number of alkyl halides is 3. The smallest absolute Gasteiger partial charge is 0.345 e. The van der Waals surface area contributed by atoms with Crippen LogP contribution < -0.4 is 16.2 Å². The van der Waals surface area contributed by atoms with Crippen LogP contribution in [0.3, 0.4) is 0 Å². The Bertz CT molecular complexity index is 2060. The number of carbonyl (C=O) groups excluding carboxylic acids is 2. The van der Waals surface area contributed by atoms with Gasteiger partial charge in [-0.25, -0.2) is 4.39 Å². The number of halogens is 4. The fourth-order valence-corrected chi connectivity index (χ4v) is 5.36. The molecule has 0 bridgehead atoms. The lowest BCUT2D eigenvalue weighted by atomic mass is 10.0. The standard InChI is InChI=1S/C35H33F4N5O3/c1-20-18-43(31-11-9-26(36)17-28(20)31)27-14-22(13-25(16-27)35(37,38)39)19-44-30(23-7-6-8-24(15-23)33(46)42(4)5)12-10-29(34(44)47)41-32(45)21(2)40-3/h6-18,21,40H,19H2,1-5H3,(H,41,45)/t21-/m0/s1. The maximum absolute atomic E-state index is 14.3. The van der Waals surface area contributed by atoms with Crippen molar-refractivity contribution in [3.8, 4) is 16.9 Å². The molecular weight excluding hydrogens is 614 g/mol. The average Bonchev–Trinajstić information content (AvgIpc) is 3.36. The molecule has 1 atom stereocenters. The van der Waals surface area contributed by atoms with Crippen LogP contribution in [-0.4, -0.2) is 53.0 Å². The first kappa shape index (κ1) is 33.1. The molecule has 2 N–H and O–H groups in total. The summed E-state index contributed by atoms with van der Waals surface area (Å²) < 4.78 is 59.7. The molecule has 2 heterocycles. The van der Waals surface area contributed by atoms with Gasteiger partial charge < -0.3 is 24.7 Å². The van der Waals surface area contributed by atoms with Gasteiger partial charge in [0, 0.05) is 36.9 Å². The summed E-state index contributed by atoms with van der Waals surface area (Å²) in [6.07, 6.45) is -3.09. The Kier molecular flexibility index (Phi) is 9.08. The zero-order valence-electron chi connectivity index (χ0n) is 26.4. The number of likely N-dealkylation sites (N-methyl/N-ethyl adjacent to an activating group) is 1. The number of aryl methyl sites for hydroxylation is 1. The molecule has 0 fully saturated rings. The van der Waals surface area contributed by atoms with Gasteiger partial charge in [-0.1, -0.05) is 12.1 Å². The Labute approximate surface area is 268 Å². The summed E-state index contributed by atoms with van der Waals surface area (Å²) in [7, 11) is 4.79. The third kappa shape index (κ3) is 6.82. The Morgan fingerprint density at radius 3 is 2.40 bits per heavy atom. The number of amides is 2. The minimum Gasteiger partial charge on any atom is -0.345 e. The largest absolute Gasteiger partial charge is 0.416 e. The van der Waals surface area contributed by atoms with Crippen LogP contribution in [0.15, 0.2) is 83.8 Å². The van der Waals surface area contributed by atoms with E-state index in [0.717, 1.165) is 12.1 Å². The van der Waals surface area contributed by atoms with Crippen LogP contribution in [0.5, 0.6) is 0 Å². The summed E-state index contributed by atoms with van der Waals surface area (Å²) in [5.74, 6) is -1.22. The van der Waals surface area contributed by atoms with Gasteiger partial charge in [-0.15, -0.1) is 0 Å². The molecule has 244 valence electrons. The first-order valence-corrected chi connectivity index (χ1v) is 14.7. The van der Waals surface area contributed by atoms with Crippen LogP contribution >= 0.6 is 0 Å². The van der Waals surface area contributed by atoms with Crippen LogP contribution in [0, 0.1) is 12.7 Å². The number of benzene rings is 3. The molecule has 0 aliphatic rings. The van der Waals surface area contributed by atoms with E-state index in [1.54, 1.807) is 76.1 Å². The molecule has 0 aliphatic heterocycles. The fourth-order valence-electron chi connectivity index (χ4n) is 5.36. The summed E-state index contributed by atoms with van der Waals surface area (Å²) >= 11 is 0. The second kappa shape index (κ2) is 12.9. The first-order valence-electron chi connectivity index (χ1n) is 14.7. The molecule has 2 amide bonds. The van der Waals surface area contributed by atoms with Crippen molar-refractivity contribution in [3.05, 3.63) is 117 Å². The van der Waals surface area contributed by atoms with E-state index in [-0.39, 0.29) is 29.4 Å². The quantitative estimate of drug-likeness (QED) is 0.196. The number of aromatic nitrogens is 2. The lowest BCUT2D eigenvalue weighted by Gasteiger charge is -2.19. The second-order valence-electron chi connectivity index (χ2n) is 11.5. The summed E-state index contributed by atoms with van der Waals surface area (Å²) in [6.45, 7) is 3.04. The Hall–Kier alpha value is -5.23. The lowest BCUT2D eigenvalue weighted by Crippen LogP contribution is -2.37. The fraction of sp³-hybridized carbons (Fsp3) is 0.229. The third-order valence-corrected chi connectivity index (χ3v) is 7.96. The molecule has 12 heteroatoms. The molecule has 2 aromatic heterocycles. The highest BCUT2D eigenvalue weighted by atomic mass is 19.4. The van der Waals surface area contributed by atoms with Crippen molar-refractivity contribution >= 4 is 28.4 Å². The Morgan fingerprint density at radius 2 is 1.72 bits per heavy atom. The number of hydrogen-bond acceptors (Lipinski definition) is 4. The summed E-state index contributed by atoms with van der Waals surface area (Å²) in [5.41, 5.74) is 0.972. The van der Waals surface area contributed by atoms with Gasteiger partial charge in [-0.05, 0) is 98.2 Å². The van der Waals surface area contributed by atoms with Gasteiger partial charge in [-0.3, -0.25) is 14.4 Å². The van der Waals surface area contributed by atoms with Crippen molar-refractivity contribution in [1.29, 1.82) is 0 Å².